The lowest BCUT2D eigenvalue weighted by atomic mass is 10.3. The molecule has 0 aliphatic heterocycles. The van der Waals surface area contributed by atoms with Crippen molar-refractivity contribution in [3.05, 3.63) is 0 Å². The van der Waals surface area contributed by atoms with Gasteiger partial charge in [0, 0.05) is 26.4 Å². The Hall–Kier alpha value is 1.67. The lowest BCUT2D eigenvalue weighted by Gasteiger charge is -2.34. The third-order valence-corrected chi connectivity index (χ3v) is 17.5. The maximum Gasteiger partial charge on any atom is 0.154 e. The molecule has 0 atom stereocenters. The lowest BCUT2D eigenvalue weighted by Crippen LogP contribution is -2.45. The first-order valence-corrected chi connectivity index (χ1v) is 24.3. The highest BCUT2D eigenvalue weighted by Crippen LogP contribution is 2.46. The van der Waals surface area contributed by atoms with Gasteiger partial charge in [-0.05, 0) is 45.3 Å². The zero-order valence-corrected chi connectivity index (χ0v) is 31.9. The van der Waals surface area contributed by atoms with Gasteiger partial charge in [-0.25, -0.2) is 0 Å². The fraction of sp³-hybridized carbons (Fsp3) is 1.00. The molecule has 0 aromatic rings. The molecule has 0 aliphatic carbocycles. The summed E-state index contributed by atoms with van der Waals surface area (Å²) >= 11 is 0. The first kappa shape index (κ1) is 39.7. The molecule has 38 heavy (non-hydrogen) atoms. The maximum atomic E-state index is 6.53. The van der Waals surface area contributed by atoms with E-state index in [1.165, 1.54) is 63.5 Å². The first-order chi connectivity index (χ1) is 18.6. The third-order valence-electron chi connectivity index (χ3n) is 6.40. The van der Waals surface area contributed by atoms with Gasteiger partial charge in [0.05, 0.1) is 30.5 Å². The Morgan fingerprint density at radius 3 is 0.974 bits per heavy atom. The summed E-state index contributed by atoms with van der Waals surface area (Å²) in [6, 6.07) is 2.42. The molecule has 10 heteroatoms. The Morgan fingerprint density at radius 2 is 0.737 bits per heavy atom. The Morgan fingerprint density at radius 1 is 0.447 bits per heavy atom. The summed E-state index contributed by atoms with van der Waals surface area (Å²) in [4.78, 5) is 0. The molecule has 0 heterocycles. The predicted molar refractivity (Wildman–Crippen MR) is 186 cm³/mol. The van der Waals surface area contributed by atoms with Crippen LogP contribution in [0.2, 0.25) is 12.1 Å². The van der Waals surface area contributed by atoms with E-state index in [2.05, 4.69) is 41.5 Å². The van der Waals surface area contributed by atoms with Gasteiger partial charge < -0.3 is 18.9 Å². The minimum absolute atomic E-state index is 0.317. The van der Waals surface area contributed by atoms with Gasteiger partial charge in [0.1, 0.15) is 0 Å². The second-order valence-corrected chi connectivity index (χ2v) is 21.4. The Labute approximate surface area is 257 Å². The highest BCUT2D eigenvalue weighted by atomic mass is 33.7. The normalized spacial score (nSPS) is 13.1. The molecule has 0 saturated heterocycles. The largest absolute Gasteiger partial charge is 0.354 e. The van der Waals surface area contributed by atoms with Crippen molar-refractivity contribution in [3.8, 4) is 0 Å². The third kappa shape index (κ3) is 21.4. The molecule has 0 spiro atoms. The van der Waals surface area contributed by atoms with Crippen molar-refractivity contribution < 1.29 is 18.9 Å². The van der Waals surface area contributed by atoms with Crippen molar-refractivity contribution in [2.24, 2.45) is 0 Å². The van der Waals surface area contributed by atoms with Crippen LogP contribution in [-0.2, 0) is 18.9 Å². The van der Waals surface area contributed by atoms with Crippen molar-refractivity contribution >= 4 is 60.3 Å². The summed E-state index contributed by atoms with van der Waals surface area (Å²) in [6.45, 7) is 16.9. The van der Waals surface area contributed by atoms with Crippen molar-refractivity contribution in [3.63, 3.8) is 0 Å². The molecule has 0 bridgehead atoms. The Bertz CT molecular complexity index is 430. The van der Waals surface area contributed by atoms with Crippen LogP contribution in [-0.4, -0.2) is 67.8 Å². The summed E-state index contributed by atoms with van der Waals surface area (Å²) in [7, 11) is 6.65. The van der Waals surface area contributed by atoms with Crippen molar-refractivity contribution in [2.45, 2.75) is 142 Å². The second-order valence-electron chi connectivity index (χ2n) is 10.2. The molecule has 0 aromatic carbocycles. The predicted octanol–water partition coefficient (Wildman–Crippen LogP) is 9.01. The van der Waals surface area contributed by atoms with Gasteiger partial charge in [0.2, 0.25) is 0 Å². The van der Waals surface area contributed by atoms with E-state index >= 15 is 0 Å². The van der Waals surface area contributed by atoms with E-state index in [0.29, 0.717) is 0 Å². The quantitative estimate of drug-likeness (QED) is 0.0320. The molecule has 0 fully saturated rings. The summed E-state index contributed by atoms with van der Waals surface area (Å²) in [6.07, 6.45) is 14.4. The van der Waals surface area contributed by atoms with Crippen LogP contribution in [0.15, 0.2) is 0 Å². The molecule has 0 N–H and O–H groups in total. The average molecular weight is 647 g/mol. The number of hydrogen-bond acceptors (Lipinski definition) is 8. The summed E-state index contributed by atoms with van der Waals surface area (Å²) in [5.74, 6) is 1.86. The highest BCUT2D eigenvalue weighted by molar-refractivity contribution is 9.26. The van der Waals surface area contributed by atoms with Gasteiger partial charge in [-0.2, -0.15) is 0 Å². The lowest BCUT2D eigenvalue weighted by molar-refractivity contribution is -0.167. The van der Waals surface area contributed by atoms with Crippen LogP contribution < -0.4 is 0 Å². The molecule has 0 saturated carbocycles. The number of rotatable bonds is 31. The van der Waals surface area contributed by atoms with Gasteiger partial charge in [-0.3, -0.25) is 0 Å². The number of unbranched alkanes of at least 4 members (excludes halogenated alkanes) is 8. The second kappa shape index (κ2) is 28.8. The fourth-order valence-corrected chi connectivity index (χ4v) is 15.6. The zero-order valence-electron chi connectivity index (χ0n) is 25.8. The van der Waals surface area contributed by atoms with E-state index in [0.717, 1.165) is 63.6 Å². The van der Waals surface area contributed by atoms with Gasteiger partial charge in [-0.1, -0.05) is 127 Å². The van der Waals surface area contributed by atoms with Crippen molar-refractivity contribution in [1.82, 2.24) is 0 Å². The van der Waals surface area contributed by atoms with Crippen LogP contribution >= 0.6 is 41.2 Å². The minimum atomic E-state index is -0.466. The van der Waals surface area contributed by atoms with Gasteiger partial charge >= 0.3 is 0 Å². The van der Waals surface area contributed by atoms with Gasteiger partial charge in [-0.15, -0.1) is 0 Å². The van der Waals surface area contributed by atoms with Crippen LogP contribution in [0.3, 0.4) is 0 Å². The summed E-state index contributed by atoms with van der Waals surface area (Å²) < 4.78 is 26.1. The first-order valence-electron chi connectivity index (χ1n) is 15.7. The topological polar surface area (TPSA) is 36.9 Å². The van der Waals surface area contributed by atoms with Crippen molar-refractivity contribution in [2.75, 3.05) is 37.9 Å². The van der Waals surface area contributed by atoms with E-state index in [-0.39, 0.29) is 10.8 Å². The monoisotopic (exact) mass is 646 g/mol. The minimum Gasteiger partial charge on any atom is -0.354 e. The molecule has 0 aromatic heterocycles. The van der Waals surface area contributed by atoms with E-state index < -0.39 is 19.0 Å². The van der Waals surface area contributed by atoms with Crippen LogP contribution in [0.5, 0.6) is 0 Å². The zero-order chi connectivity index (χ0) is 28.2. The van der Waals surface area contributed by atoms with Gasteiger partial charge in [0.25, 0.3) is 0 Å². The molecule has 0 unspecified atom stereocenters. The average Bonchev–Trinajstić information content (AvgIpc) is 2.92. The SMILES string of the molecule is CCCCCOC(CSSSSCC(OCCCCC)(OCCCCC)[SiH2]CC)(OCCCCC)[SiH2]CC. The molecular formula is C28H62O4S4Si2. The smallest absolute Gasteiger partial charge is 0.154 e. The number of ether oxygens (including phenoxy) is 4. The van der Waals surface area contributed by atoms with Crippen molar-refractivity contribution in [1.29, 1.82) is 0 Å². The molecule has 0 amide bonds. The molecule has 4 nitrogen and oxygen atoms in total. The molecular weight excluding hydrogens is 585 g/mol. The van der Waals surface area contributed by atoms with Crippen LogP contribution in [0, 0.1) is 0 Å². The van der Waals surface area contributed by atoms with E-state index in [1.807, 2.05) is 41.2 Å². The fourth-order valence-electron chi connectivity index (χ4n) is 4.15. The molecule has 0 rings (SSSR count). The van der Waals surface area contributed by atoms with E-state index in [4.69, 9.17) is 18.9 Å². The summed E-state index contributed by atoms with van der Waals surface area (Å²) in [5, 5.41) is 0. The Balaban J connectivity index is 4.87. The standard InChI is InChI=1S/C28H62O4S4Si2/c1-7-13-17-21-29-27(37-11-5,30-22-18-14-8-2)25-33-35-36-34-26-28(38-12-6,31-23-19-15-9-3)32-24-20-16-10-4/h7-26,37-38H2,1-6H3. The highest BCUT2D eigenvalue weighted by Gasteiger charge is 2.33. The van der Waals surface area contributed by atoms with Crippen LogP contribution in [0.4, 0.5) is 0 Å². The molecule has 0 aliphatic rings. The Kier molecular flexibility index (Phi) is 30.0. The van der Waals surface area contributed by atoms with Crippen LogP contribution in [0.25, 0.3) is 0 Å². The number of hydrogen-bond donors (Lipinski definition) is 0. The van der Waals surface area contributed by atoms with E-state index in [9.17, 15) is 0 Å². The van der Waals surface area contributed by atoms with Crippen LogP contribution in [0.1, 0.15) is 119 Å². The molecule has 0 radical (unpaired) electrons. The van der Waals surface area contributed by atoms with Gasteiger partial charge in [0.15, 0.2) is 10.8 Å². The van der Waals surface area contributed by atoms with E-state index in [1.54, 1.807) is 0 Å². The molecule has 230 valence electrons. The maximum absolute atomic E-state index is 6.53. The summed E-state index contributed by atoms with van der Waals surface area (Å²) in [5.41, 5.74) is -0.633.